The first-order valence-electron chi connectivity index (χ1n) is 7.01. The van der Waals surface area contributed by atoms with Crippen LogP contribution in [0.25, 0.3) is 0 Å². The van der Waals surface area contributed by atoms with E-state index < -0.39 is 0 Å². The molecule has 1 aromatic carbocycles. The predicted octanol–water partition coefficient (Wildman–Crippen LogP) is 3.63. The van der Waals surface area contributed by atoms with Crippen LogP contribution in [-0.4, -0.2) is 24.5 Å². The zero-order valence-corrected chi connectivity index (χ0v) is 13.8. The van der Waals surface area contributed by atoms with Crippen molar-refractivity contribution in [1.29, 1.82) is 0 Å². The molecule has 0 radical (unpaired) electrons. The van der Waals surface area contributed by atoms with Gasteiger partial charge in [-0.1, -0.05) is 39.0 Å². The van der Waals surface area contributed by atoms with E-state index in [9.17, 15) is 0 Å². The normalized spacial score (nSPS) is 14.8. The van der Waals surface area contributed by atoms with Crippen LogP contribution >= 0.6 is 0 Å². The standard InChI is InChI=1S/C17H30N2/c1-12-11-13(16(2,3)4)9-10-14(12)15(19(7)8)17(5,6)18/h9-11,15H,18H2,1-8H3. The summed E-state index contributed by atoms with van der Waals surface area (Å²) < 4.78 is 0. The quantitative estimate of drug-likeness (QED) is 0.901. The molecular formula is C17H30N2. The molecular weight excluding hydrogens is 232 g/mol. The minimum Gasteiger partial charge on any atom is -0.324 e. The molecule has 0 saturated carbocycles. The fourth-order valence-electron chi connectivity index (χ4n) is 2.79. The van der Waals surface area contributed by atoms with Crippen molar-refractivity contribution in [1.82, 2.24) is 4.90 Å². The molecule has 1 aromatic rings. The Morgan fingerprint density at radius 2 is 1.58 bits per heavy atom. The van der Waals surface area contributed by atoms with Crippen molar-refractivity contribution in [3.63, 3.8) is 0 Å². The second-order valence-corrected chi connectivity index (χ2v) is 7.51. The molecule has 0 aliphatic rings. The minimum absolute atomic E-state index is 0.190. The summed E-state index contributed by atoms with van der Waals surface area (Å²) in [6.07, 6.45) is 0. The molecule has 1 atom stereocenters. The topological polar surface area (TPSA) is 29.3 Å². The predicted molar refractivity (Wildman–Crippen MR) is 84.6 cm³/mol. The van der Waals surface area contributed by atoms with Gasteiger partial charge in [0.25, 0.3) is 0 Å². The summed E-state index contributed by atoms with van der Waals surface area (Å²) >= 11 is 0. The Bertz CT molecular complexity index is 434. The summed E-state index contributed by atoms with van der Waals surface area (Å²) in [5.41, 5.74) is 10.3. The highest BCUT2D eigenvalue weighted by Gasteiger charge is 2.30. The molecule has 2 N–H and O–H groups in total. The maximum absolute atomic E-state index is 6.36. The molecule has 2 heteroatoms. The highest BCUT2D eigenvalue weighted by molar-refractivity contribution is 5.37. The Hall–Kier alpha value is -0.860. The van der Waals surface area contributed by atoms with E-state index in [1.54, 1.807) is 0 Å². The van der Waals surface area contributed by atoms with Crippen molar-refractivity contribution < 1.29 is 0 Å². The van der Waals surface area contributed by atoms with Crippen LogP contribution in [0.4, 0.5) is 0 Å². The number of nitrogens with two attached hydrogens (primary N) is 1. The SMILES string of the molecule is Cc1cc(C(C)(C)C)ccc1C(N(C)C)C(C)(C)N. The fraction of sp³-hybridized carbons (Fsp3) is 0.647. The largest absolute Gasteiger partial charge is 0.324 e. The molecule has 0 bridgehead atoms. The maximum Gasteiger partial charge on any atom is 0.0520 e. The lowest BCUT2D eigenvalue weighted by atomic mass is 9.81. The number of hydrogen-bond donors (Lipinski definition) is 1. The lowest BCUT2D eigenvalue weighted by Crippen LogP contribution is -2.46. The van der Waals surface area contributed by atoms with Crippen molar-refractivity contribution in [3.05, 3.63) is 34.9 Å². The summed E-state index contributed by atoms with van der Waals surface area (Å²) in [7, 11) is 4.19. The van der Waals surface area contributed by atoms with Gasteiger partial charge in [-0.3, -0.25) is 0 Å². The van der Waals surface area contributed by atoms with E-state index in [2.05, 4.69) is 78.7 Å². The molecule has 2 nitrogen and oxygen atoms in total. The number of nitrogens with zero attached hydrogens (tertiary/aromatic N) is 1. The van der Waals surface area contributed by atoms with Gasteiger partial charge in [0, 0.05) is 5.54 Å². The third-order valence-corrected chi connectivity index (χ3v) is 3.65. The first-order valence-corrected chi connectivity index (χ1v) is 7.01. The van der Waals surface area contributed by atoms with Gasteiger partial charge in [-0.15, -0.1) is 0 Å². The van der Waals surface area contributed by atoms with Crippen molar-refractivity contribution >= 4 is 0 Å². The molecule has 0 aliphatic carbocycles. The summed E-state index contributed by atoms with van der Waals surface area (Å²) in [6, 6.07) is 7.01. The fourth-order valence-corrected chi connectivity index (χ4v) is 2.79. The van der Waals surface area contributed by atoms with Crippen LogP contribution in [0.3, 0.4) is 0 Å². The number of benzene rings is 1. The smallest absolute Gasteiger partial charge is 0.0520 e. The zero-order valence-electron chi connectivity index (χ0n) is 13.8. The number of aryl methyl sites for hydroxylation is 1. The first-order chi connectivity index (χ1) is 8.44. The van der Waals surface area contributed by atoms with Crippen molar-refractivity contribution in [2.45, 2.75) is 58.5 Å². The number of hydrogen-bond acceptors (Lipinski definition) is 2. The van der Waals surface area contributed by atoms with Crippen LogP contribution in [0.5, 0.6) is 0 Å². The Labute approximate surface area is 119 Å². The molecule has 0 heterocycles. The molecule has 19 heavy (non-hydrogen) atoms. The molecule has 0 spiro atoms. The van der Waals surface area contributed by atoms with Crippen LogP contribution < -0.4 is 5.73 Å². The average Bonchev–Trinajstić information content (AvgIpc) is 2.16. The molecule has 0 amide bonds. The van der Waals surface area contributed by atoms with Crippen LogP contribution in [0.2, 0.25) is 0 Å². The third kappa shape index (κ3) is 3.80. The summed E-state index contributed by atoms with van der Waals surface area (Å²) in [4.78, 5) is 2.21. The van der Waals surface area contributed by atoms with Gasteiger partial charge in [0.2, 0.25) is 0 Å². The van der Waals surface area contributed by atoms with Gasteiger partial charge in [0.05, 0.1) is 6.04 Å². The molecule has 0 aromatic heterocycles. The van der Waals surface area contributed by atoms with E-state index >= 15 is 0 Å². The third-order valence-electron chi connectivity index (χ3n) is 3.65. The lowest BCUT2D eigenvalue weighted by molar-refractivity contribution is 0.204. The second-order valence-electron chi connectivity index (χ2n) is 7.51. The molecule has 108 valence electrons. The van der Waals surface area contributed by atoms with E-state index in [0.29, 0.717) is 0 Å². The van der Waals surface area contributed by atoms with Crippen molar-refractivity contribution in [3.8, 4) is 0 Å². The van der Waals surface area contributed by atoms with Gasteiger partial charge in [0.15, 0.2) is 0 Å². The van der Waals surface area contributed by atoms with E-state index in [4.69, 9.17) is 5.73 Å². The monoisotopic (exact) mass is 262 g/mol. The lowest BCUT2D eigenvalue weighted by Gasteiger charge is -2.37. The molecule has 0 fully saturated rings. The van der Waals surface area contributed by atoms with Gasteiger partial charge in [0.1, 0.15) is 0 Å². The average molecular weight is 262 g/mol. The number of likely N-dealkylation sites (N-methyl/N-ethyl adjacent to an activating group) is 1. The van der Waals surface area contributed by atoms with E-state index in [-0.39, 0.29) is 17.0 Å². The van der Waals surface area contributed by atoms with Crippen LogP contribution in [-0.2, 0) is 5.41 Å². The molecule has 0 saturated heterocycles. The molecule has 1 unspecified atom stereocenters. The van der Waals surface area contributed by atoms with E-state index in [1.807, 2.05) is 0 Å². The summed E-state index contributed by atoms with van der Waals surface area (Å²) in [5, 5.41) is 0. The maximum atomic E-state index is 6.36. The van der Waals surface area contributed by atoms with Crippen LogP contribution in [0.15, 0.2) is 18.2 Å². The Balaban J connectivity index is 3.28. The van der Waals surface area contributed by atoms with E-state index in [0.717, 1.165) is 0 Å². The van der Waals surface area contributed by atoms with Crippen LogP contribution in [0, 0.1) is 6.92 Å². The van der Waals surface area contributed by atoms with Crippen molar-refractivity contribution in [2.75, 3.05) is 14.1 Å². The zero-order chi connectivity index (χ0) is 15.0. The van der Waals surface area contributed by atoms with Gasteiger partial charge in [-0.05, 0) is 57.0 Å². The summed E-state index contributed by atoms with van der Waals surface area (Å²) in [6.45, 7) is 13.1. The van der Waals surface area contributed by atoms with Gasteiger partial charge in [-0.25, -0.2) is 0 Å². The second kappa shape index (κ2) is 5.26. The minimum atomic E-state index is -0.266. The van der Waals surface area contributed by atoms with Gasteiger partial charge < -0.3 is 10.6 Å². The Morgan fingerprint density at radius 3 is 1.89 bits per heavy atom. The Morgan fingerprint density at radius 1 is 1.05 bits per heavy atom. The highest BCUT2D eigenvalue weighted by atomic mass is 15.1. The van der Waals surface area contributed by atoms with Gasteiger partial charge in [-0.2, -0.15) is 0 Å². The van der Waals surface area contributed by atoms with Crippen LogP contribution in [0.1, 0.15) is 57.4 Å². The molecule has 1 rings (SSSR count). The summed E-state index contributed by atoms with van der Waals surface area (Å²) in [5.74, 6) is 0. The Kier molecular flexibility index (Phi) is 4.48. The van der Waals surface area contributed by atoms with E-state index in [1.165, 1.54) is 16.7 Å². The van der Waals surface area contributed by atoms with Gasteiger partial charge >= 0.3 is 0 Å². The van der Waals surface area contributed by atoms with Crippen molar-refractivity contribution in [2.24, 2.45) is 5.73 Å². The first kappa shape index (κ1) is 16.2. The highest BCUT2D eigenvalue weighted by Crippen LogP contribution is 2.33. The molecule has 0 aliphatic heterocycles. The number of rotatable bonds is 3.